The van der Waals surface area contributed by atoms with Crippen LogP contribution in [0.25, 0.3) is 0 Å². The summed E-state index contributed by atoms with van der Waals surface area (Å²) < 4.78 is 40.5. The van der Waals surface area contributed by atoms with E-state index in [1.165, 1.54) is 47.4 Å². The number of sulfonamides is 1. The second-order valence-electron chi connectivity index (χ2n) is 7.10. The predicted molar refractivity (Wildman–Crippen MR) is 113 cm³/mol. The van der Waals surface area contributed by atoms with Gasteiger partial charge in [0.1, 0.15) is 5.82 Å². The van der Waals surface area contributed by atoms with E-state index >= 15 is 0 Å². The molecule has 0 atom stereocenters. The van der Waals surface area contributed by atoms with Crippen molar-refractivity contribution < 1.29 is 17.6 Å². The normalized spacial score (nSPS) is 15.0. The van der Waals surface area contributed by atoms with Crippen LogP contribution in [-0.2, 0) is 16.6 Å². The third kappa shape index (κ3) is 4.99. The molecule has 5 nitrogen and oxygen atoms in total. The Kier molecular flexibility index (Phi) is 6.97. The fourth-order valence-electron chi connectivity index (χ4n) is 3.39. The van der Waals surface area contributed by atoms with Gasteiger partial charge in [-0.1, -0.05) is 12.1 Å². The van der Waals surface area contributed by atoms with E-state index in [1.807, 2.05) is 6.26 Å². The summed E-state index contributed by atoms with van der Waals surface area (Å²) in [5.74, 6) is -0.486. The van der Waals surface area contributed by atoms with Gasteiger partial charge in [0.25, 0.3) is 5.91 Å². The average molecular weight is 437 g/mol. The molecule has 1 heterocycles. The minimum atomic E-state index is -3.80. The van der Waals surface area contributed by atoms with Crippen molar-refractivity contribution in [1.29, 1.82) is 0 Å². The molecule has 0 bridgehead atoms. The molecule has 1 amide bonds. The van der Waals surface area contributed by atoms with E-state index in [-0.39, 0.29) is 23.2 Å². The van der Waals surface area contributed by atoms with Gasteiger partial charge in [0, 0.05) is 31.6 Å². The fourth-order valence-corrected chi connectivity index (χ4v) is 5.15. The average Bonchev–Trinajstić information content (AvgIpc) is 2.74. The van der Waals surface area contributed by atoms with E-state index in [1.54, 1.807) is 23.1 Å². The van der Waals surface area contributed by atoms with Gasteiger partial charge in [0.2, 0.25) is 10.0 Å². The number of piperidine rings is 1. The molecular formula is C21H25FN2O3S2. The Balaban J connectivity index is 1.88. The van der Waals surface area contributed by atoms with Crippen LogP contribution in [-0.4, -0.2) is 49.9 Å². The maximum Gasteiger partial charge on any atom is 0.255 e. The molecule has 0 radical (unpaired) electrons. The van der Waals surface area contributed by atoms with Crippen LogP contribution < -0.4 is 0 Å². The zero-order chi connectivity index (χ0) is 21.0. The number of rotatable bonds is 6. The zero-order valence-electron chi connectivity index (χ0n) is 16.6. The Morgan fingerprint density at radius 2 is 1.76 bits per heavy atom. The number of carbonyl (C=O) groups is 1. The van der Waals surface area contributed by atoms with Crippen LogP contribution in [0, 0.1) is 5.82 Å². The molecule has 2 aromatic rings. The van der Waals surface area contributed by atoms with Crippen molar-refractivity contribution >= 4 is 27.7 Å². The standard InChI is InChI=1S/C21H25FN2O3S2/c1-23(15-16-6-8-17(22)9-7-16)29(26,27)18-10-11-20(28-2)19(14-18)21(25)24-12-4-3-5-13-24/h6-11,14H,3-5,12-13,15H2,1-2H3. The molecule has 1 saturated heterocycles. The Bertz CT molecular complexity index is 972. The molecule has 0 unspecified atom stereocenters. The first kappa shape index (κ1) is 21.8. The van der Waals surface area contributed by atoms with Crippen molar-refractivity contribution in [2.24, 2.45) is 0 Å². The first-order valence-electron chi connectivity index (χ1n) is 9.51. The molecule has 1 fully saturated rings. The summed E-state index contributed by atoms with van der Waals surface area (Å²) in [6.07, 6.45) is 4.93. The number of hydrogen-bond donors (Lipinski definition) is 0. The van der Waals surface area contributed by atoms with Crippen molar-refractivity contribution in [3.63, 3.8) is 0 Å². The fraction of sp³-hybridized carbons (Fsp3) is 0.381. The molecule has 2 aromatic carbocycles. The van der Waals surface area contributed by atoms with Crippen molar-refractivity contribution in [3.05, 3.63) is 59.4 Å². The summed E-state index contributed by atoms with van der Waals surface area (Å²) in [4.78, 5) is 15.7. The van der Waals surface area contributed by atoms with Gasteiger partial charge in [-0.05, 0) is 61.4 Å². The smallest absolute Gasteiger partial charge is 0.255 e. The molecule has 1 aliphatic heterocycles. The topological polar surface area (TPSA) is 57.7 Å². The number of likely N-dealkylation sites (tertiary alicyclic amines) is 1. The van der Waals surface area contributed by atoms with E-state index in [0.29, 0.717) is 24.2 Å². The van der Waals surface area contributed by atoms with Gasteiger partial charge in [-0.3, -0.25) is 4.79 Å². The minimum absolute atomic E-state index is 0.0836. The van der Waals surface area contributed by atoms with E-state index in [2.05, 4.69) is 0 Å². The van der Waals surface area contributed by atoms with Crippen molar-refractivity contribution in [2.45, 2.75) is 35.6 Å². The van der Waals surface area contributed by atoms with Crippen LogP contribution in [0.5, 0.6) is 0 Å². The van der Waals surface area contributed by atoms with Crippen molar-refractivity contribution in [3.8, 4) is 0 Å². The number of benzene rings is 2. The van der Waals surface area contributed by atoms with Crippen LogP contribution in [0.15, 0.2) is 52.3 Å². The SMILES string of the molecule is CSc1ccc(S(=O)(=O)N(C)Cc2ccc(F)cc2)cc1C(=O)N1CCCCC1. The maximum absolute atomic E-state index is 13.1. The second-order valence-corrected chi connectivity index (χ2v) is 10.00. The van der Waals surface area contributed by atoms with E-state index < -0.39 is 10.0 Å². The second kappa shape index (κ2) is 9.28. The van der Waals surface area contributed by atoms with Gasteiger partial charge in [-0.15, -0.1) is 11.8 Å². The van der Waals surface area contributed by atoms with Gasteiger partial charge < -0.3 is 4.90 Å². The molecule has 3 rings (SSSR count). The first-order valence-corrected chi connectivity index (χ1v) is 12.2. The van der Waals surface area contributed by atoms with Gasteiger partial charge in [0.05, 0.1) is 10.5 Å². The van der Waals surface area contributed by atoms with Crippen LogP contribution in [0.3, 0.4) is 0 Å². The highest BCUT2D eigenvalue weighted by Gasteiger charge is 2.26. The van der Waals surface area contributed by atoms with Gasteiger partial charge in [0.15, 0.2) is 0 Å². The lowest BCUT2D eigenvalue weighted by Gasteiger charge is -2.27. The molecule has 0 N–H and O–H groups in total. The monoisotopic (exact) mass is 436 g/mol. The number of hydrogen-bond acceptors (Lipinski definition) is 4. The van der Waals surface area contributed by atoms with Gasteiger partial charge in [-0.2, -0.15) is 4.31 Å². The first-order chi connectivity index (χ1) is 13.8. The number of halogens is 1. The lowest BCUT2D eigenvalue weighted by molar-refractivity contribution is 0.0720. The van der Waals surface area contributed by atoms with E-state index in [4.69, 9.17) is 0 Å². The molecule has 0 saturated carbocycles. The molecule has 8 heteroatoms. The quantitative estimate of drug-likeness (QED) is 0.643. The molecular weight excluding hydrogens is 411 g/mol. The summed E-state index contributed by atoms with van der Waals surface area (Å²) in [7, 11) is -2.32. The summed E-state index contributed by atoms with van der Waals surface area (Å²) in [6.45, 7) is 1.52. The van der Waals surface area contributed by atoms with Crippen molar-refractivity contribution in [2.75, 3.05) is 26.4 Å². The highest BCUT2D eigenvalue weighted by Crippen LogP contribution is 2.27. The van der Waals surface area contributed by atoms with E-state index in [9.17, 15) is 17.6 Å². The molecule has 156 valence electrons. The number of thioether (sulfide) groups is 1. The van der Waals surface area contributed by atoms with Crippen LogP contribution in [0.1, 0.15) is 35.2 Å². The summed E-state index contributed by atoms with van der Waals surface area (Å²) in [5, 5.41) is 0. The van der Waals surface area contributed by atoms with Crippen LogP contribution >= 0.6 is 11.8 Å². The third-order valence-electron chi connectivity index (χ3n) is 5.07. The highest BCUT2D eigenvalue weighted by atomic mass is 32.2. The lowest BCUT2D eigenvalue weighted by Crippen LogP contribution is -2.36. The lowest BCUT2D eigenvalue weighted by atomic mass is 10.1. The minimum Gasteiger partial charge on any atom is -0.339 e. The van der Waals surface area contributed by atoms with Crippen LogP contribution in [0.2, 0.25) is 0 Å². The Labute approximate surface area is 175 Å². The maximum atomic E-state index is 13.1. The van der Waals surface area contributed by atoms with Gasteiger partial charge in [-0.25, -0.2) is 12.8 Å². The number of amides is 1. The van der Waals surface area contributed by atoms with E-state index in [0.717, 1.165) is 24.2 Å². The molecule has 1 aliphatic rings. The Morgan fingerprint density at radius 1 is 1.10 bits per heavy atom. The molecule has 0 aromatic heterocycles. The van der Waals surface area contributed by atoms with Crippen molar-refractivity contribution in [1.82, 2.24) is 9.21 Å². The summed E-state index contributed by atoms with van der Waals surface area (Å²) >= 11 is 1.43. The number of carbonyl (C=O) groups excluding carboxylic acids is 1. The molecule has 0 spiro atoms. The predicted octanol–water partition coefficient (Wildman–Crippen LogP) is 3.99. The van der Waals surface area contributed by atoms with Gasteiger partial charge >= 0.3 is 0 Å². The molecule has 29 heavy (non-hydrogen) atoms. The molecule has 0 aliphatic carbocycles. The zero-order valence-corrected chi connectivity index (χ0v) is 18.2. The third-order valence-corrected chi connectivity index (χ3v) is 7.67. The summed E-state index contributed by atoms with van der Waals surface area (Å²) in [5.41, 5.74) is 1.11. The summed E-state index contributed by atoms with van der Waals surface area (Å²) in [6, 6.07) is 10.4. The Hall–Kier alpha value is -1.90. The highest BCUT2D eigenvalue weighted by molar-refractivity contribution is 7.98. The van der Waals surface area contributed by atoms with Crippen LogP contribution in [0.4, 0.5) is 4.39 Å². The number of nitrogens with zero attached hydrogens (tertiary/aromatic N) is 2. The largest absolute Gasteiger partial charge is 0.339 e. The Morgan fingerprint density at radius 3 is 2.38 bits per heavy atom.